The van der Waals surface area contributed by atoms with Crippen molar-refractivity contribution in [3.05, 3.63) is 48.3 Å². The van der Waals surface area contributed by atoms with Crippen molar-refractivity contribution in [2.45, 2.75) is 24.7 Å². The van der Waals surface area contributed by atoms with Crippen LogP contribution in [0.25, 0.3) is 11.0 Å². The maximum absolute atomic E-state index is 13.0. The fraction of sp³-hybridized carbons (Fsp3) is 0.350. The molecule has 1 fully saturated rings. The molecule has 4 rings (SSSR count). The summed E-state index contributed by atoms with van der Waals surface area (Å²) in [4.78, 5) is 18.6. The number of anilines is 1. The molecule has 11 heteroatoms. The van der Waals surface area contributed by atoms with E-state index in [-0.39, 0.29) is 4.90 Å². The number of sulfonamides is 1. The van der Waals surface area contributed by atoms with Gasteiger partial charge in [0.25, 0.3) is 5.91 Å². The van der Waals surface area contributed by atoms with Crippen LogP contribution in [0.4, 0.5) is 10.1 Å². The van der Waals surface area contributed by atoms with E-state index < -0.39 is 28.4 Å². The molecule has 1 aliphatic heterocycles. The molecule has 3 aromatic rings. The Labute approximate surface area is 178 Å². The highest BCUT2D eigenvalue weighted by atomic mass is 32.2. The van der Waals surface area contributed by atoms with Gasteiger partial charge in [0, 0.05) is 18.8 Å². The smallest absolute Gasteiger partial charge is 0.265 e. The number of halogens is 1. The van der Waals surface area contributed by atoms with Crippen molar-refractivity contribution in [3.8, 4) is 0 Å². The summed E-state index contributed by atoms with van der Waals surface area (Å²) in [5, 5.41) is 10.4. The fourth-order valence-corrected chi connectivity index (χ4v) is 5.12. The number of fused-ring (bicyclic) bond motifs is 1. The molecule has 31 heavy (non-hydrogen) atoms. The lowest BCUT2D eigenvalue weighted by Crippen LogP contribution is -2.39. The molecule has 0 saturated carbocycles. The fourth-order valence-electron chi connectivity index (χ4n) is 3.50. The predicted molar refractivity (Wildman–Crippen MR) is 111 cm³/mol. The summed E-state index contributed by atoms with van der Waals surface area (Å²) in [7, 11) is -3.66. The zero-order valence-corrected chi connectivity index (χ0v) is 17.7. The van der Waals surface area contributed by atoms with Gasteiger partial charge >= 0.3 is 0 Å². The van der Waals surface area contributed by atoms with Crippen LogP contribution in [0.5, 0.6) is 0 Å². The van der Waals surface area contributed by atoms with Crippen LogP contribution in [0.3, 0.4) is 0 Å². The van der Waals surface area contributed by atoms with E-state index in [9.17, 15) is 17.6 Å². The second-order valence-electron chi connectivity index (χ2n) is 7.55. The monoisotopic (exact) mass is 447 g/mol. The molecule has 1 atom stereocenters. The summed E-state index contributed by atoms with van der Waals surface area (Å²) in [5.74, 6) is -0.586. The number of nitrogens with zero attached hydrogens (tertiary/aromatic N) is 4. The zero-order chi connectivity index (χ0) is 22.0. The molecule has 2 heterocycles. The third kappa shape index (κ3) is 4.67. The summed E-state index contributed by atoms with van der Waals surface area (Å²) in [6.07, 6.45) is 1.84. The number of rotatable bonds is 6. The van der Waals surface area contributed by atoms with Crippen LogP contribution in [0, 0.1) is 11.7 Å². The number of carbonyl (C=O) groups is 1. The van der Waals surface area contributed by atoms with Gasteiger partial charge in [0.05, 0.1) is 4.90 Å². The summed E-state index contributed by atoms with van der Waals surface area (Å²) in [5.41, 5.74) is 1.19. The molecule has 164 valence electrons. The number of benzene rings is 2. The van der Waals surface area contributed by atoms with Crippen molar-refractivity contribution in [2.75, 3.05) is 25.0 Å². The Morgan fingerprint density at radius 2 is 2.03 bits per heavy atom. The molecular formula is C20H22FN5O4S. The molecule has 0 bridgehead atoms. The predicted octanol–water partition coefficient (Wildman–Crippen LogP) is 2.06. The number of nitrogens with one attached hydrogen (secondary N) is 1. The minimum atomic E-state index is -3.66. The largest absolute Gasteiger partial charge is 0.385 e. The topological polar surface area (TPSA) is 106 Å². The van der Waals surface area contributed by atoms with E-state index in [1.54, 1.807) is 6.07 Å². The molecule has 9 nitrogen and oxygen atoms in total. The first-order chi connectivity index (χ1) is 14.8. The van der Waals surface area contributed by atoms with Crippen molar-refractivity contribution < 1.29 is 22.4 Å². The Hall–Kier alpha value is -3.05. The Kier molecular flexibility index (Phi) is 5.88. The first-order valence-electron chi connectivity index (χ1n) is 9.87. The van der Waals surface area contributed by atoms with Gasteiger partial charge in [-0.15, -0.1) is 5.10 Å². The number of amides is 1. The van der Waals surface area contributed by atoms with Gasteiger partial charge in [-0.2, -0.15) is 4.31 Å². The van der Waals surface area contributed by atoms with Crippen LogP contribution in [0.1, 0.15) is 19.8 Å². The lowest BCUT2D eigenvalue weighted by Gasteiger charge is -2.30. The Morgan fingerprint density at radius 3 is 2.77 bits per heavy atom. The first-order valence-corrected chi connectivity index (χ1v) is 11.3. The Balaban J connectivity index is 1.49. The van der Waals surface area contributed by atoms with Crippen LogP contribution < -0.4 is 10.2 Å². The van der Waals surface area contributed by atoms with Crippen LogP contribution in [0.2, 0.25) is 0 Å². The molecule has 1 aromatic heterocycles. The third-order valence-corrected chi connectivity index (χ3v) is 6.95. The lowest BCUT2D eigenvalue weighted by atomic mass is 10.0. The van der Waals surface area contributed by atoms with E-state index in [0.717, 1.165) is 17.7 Å². The Bertz CT molecular complexity index is 1200. The normalized spacial score (nSPS) is 17.5. The number of carbonyl (C=O) groups excluding carboxylic acids is 1. The summed E-state index contributed by atoms with van der Waals surface area (Å²) < 4.78 is 40.5. The van der Waals surface area contributed by atoms with E-state index in [0.29, 0.717) is 35.7 Å². The summed E-state index contributed by atoms with van der Waals surface area (Å²) >= 11 is 0. The van der Waals surface area contributed by atoms with E-state index >= 15 is 0 Å². The van der Waals surface area contributed by atoms with Gasteiger partial charge in [0.1, 0.15) is 16.9 Å². The molecule has 1 unspecified atom stereocenters. The van der Waals surface area contributed by atoms with E-state index in [2.05, 4.69) is 15.6 Å². The highest BCUT2D eigenvalue weighted by molar-refractivity contribution is 7.89. The van der Waals surface area contributed by atoms with Crippen molar-refractivity contribution in [3.63, 3.8) is 0 Å². The van der Waals surface area contributed by atoms with Gasteiger partial charge in [-0.05, 0) is 66.4 Å². The number of hydrogen-bond acceptors (Lipinski definition) is 6. The number of piperidine rings is 1. The quantitative estimate of drug-likeness (QED) is 0.620. The second kappa shape index (κ2) is 8.60. The van der Waals surface area contributed by atoms with Gasteiger partial charge in [-0.25, -0.2) is 12.8 Å². The average molecular weight is 447 g/mol. The minimum Gasteiger partial charge on any atom is -0.385 e. The van der Waals surface area contributed by atoms with E-state index in [1.165, 1.54) is 40.7 Å². The molecule has 1 aliphatic rings. The van der Waals surface area contributed by atoms with Crippen LogP contribution in [-0.4, -0.2) is 53.5 Å². The van der Waals surface area contributed by atoms with Crippen molar-refractivity contribution in [1.82, 2.24) is 19.5 Å². The minimum absolute atomic E-state index is 0.122. The highest BCUT2D eigenvalue weighted by Crippen LogP contribution is 2.25. The number of hydrogen-bond donors (Lipinski definition) is 1. The van der Waals surface area contributed by atoms with Gasteiger partial charge in [0.2, 0.25) is 10.0 Å². The molecule has 0 radical (unpaired) electrons. The van der Waals surface area contributed by atoms with Gasteiger partial charge < -0.3 is 10.2 Å². The van der Waals surface area contributed by atoms with E-state index in [1.807, 2.05) is 6.92 Å². The first kappa shape index (κ1) is 21.2. The van der Waals surface area contributed by atoms with E-state index in [4.69, 9.17) is 4.84 Å². The highest BCUT2D eigenvalue weighted by Gasteiger charge is 2.29. The van der Waals surface area contributed by atoms with Crippen LogP contribution in [-0.2, 0) is 14.8 Å². The summed E-state index contributed by atoms with van der Waals surface area (Å²) in [6.45, 7) is 2.62. The van der Waals surface area contributed by atoms with Crippen LogP contribution in [0.15, 0.2) is 47.4 Å². The van der Waals surface area contributed by atoms with Gasteiger partial charge in [0.15, 0.2) is 6.61 Å². The average Bonchev–Trinajstić information content (AvgIpc) is 3.16. The van der Waals surface area contributed by atoms with Crippen LogP contribution >= 0.6 is 0 Å². The second-order valence-corrected chi connectivity index (χ2v) is 9.49. The molecule has 1 amide bonds. The molecule has 0 aliphatic carbocycles. The zero-order valence-electron chi connectivity index (χ0n) is 16.9. The standard InChI is InChI=1S/C20H22FN5O4S/c1-14-3-2-10-25(12-14)31(28,29)17-8-9-18-19(11-17)26(24-23-18)30-13-20(27)22-16-6-4-15(21)5-7-16/h4-9,11,14H,2-3,10,12-13H2,1H3,(H,22,27). The maximum Gasteiger partial charge on any atom is 0.265 e. The van der Waals surface area contributed by atoms with Crippen molar-refractivity contribution >= 4 is 32.7 Å². The van der Waals surface area contributed by atoms with Crippen molar-refractivity contribution in [2.24, 2.45) is 5.92 Å². The SMILES string of the molecule is CC1CCCN(S(=O)(=O)c2ccc3nnn(OCC(=O)Nc4ccc(F)cc4)c3c2)C1. The third-order valence-electron chi connectivity index (χ3n) is 5.09. The molecule has 0 spiro atoms. The molecule has 1 saturated heterocycles. The van der Waals surface area contributed by atoms with Crippen molar-refractivity contribution in [1.29, 1.82) is 0 Å². The number of aromatic nitrogens is 3. The molecular weight excluding hydrogens is 425 g/mol. The van der Waals surface area contributed by atoms with Gasteiger partial charge in [-0.1, -0.05) is 11.8 Å². The van der Waals surface area contributed by atoms with Gasteiger partial charge in [-0.3, -0.25) is 4.79 Å². The Morgan fingerprint density at radius 1 is 1.26 bits per heavy atom. The maximum atomic E-state index is 13.0. The molecule has 1 N–H and O–H groups in total. The molecule has 2 aromatic carbocycles. The lowest BCUT2D eigenvalue weighted by molar-refractivity contribution is -0.121. The summed E-state index contributed by atoms with van der Waals surface area (Å²) in [6, 6.07) is 9.81.